The minimum Gasteiger partial charge on any atom is -0.497 e. The molecule has 1 atom stereocenters. The number of likely N-dealkylation sites (tertiary alicyclic amines) is 1. The number of hydrogen-bond acceptors (Lipinski definition) is 4. The number of methoxy groups -OCH3 is 2. The van der Waals surface area contributed by atoms with E-state index in [-0.39, 0.29) is 24.0 Å². The van der Waals surface area contributed by atoms with Crippen LogP contribution in [-0.4, -0.2) is 43.6 Å². The van der Waals surface area contributed by atoms with Crippen molar-refractivity contribution in [3.8, 4) is 5.75 Å². The molecule has 1 fully saturated rings. The molecular weight excluding hydrogens is 457 g/mol. The van der Waals surface area contributed by atoms with Crippen molar-refractivity contribution in [2.45, 2.75) is 44.8 Å². The van der Waals surface area contributed by atoms with Gasteiger partial charge in [0.25, 0.3) is 0 Å². The average molecular weight is 489 g/mol. The highest BCUT2D eigenvalue weighted by molar-refractivity contribution is 5.91. The molecule has 2 aromatic carbocycles. The maximum atomic E-state index is 14.0. The van der Waals surface area contributed by atoms with Gasteiger partial charge in [0.05, 0.1) is 25.5 Å². The minimum absolute atomic E-state index is 0.0835. The van der Waals surface area contributed by atoms with Crippen molar-refractivity contribution in [1.29, 1.82) is 5.41 Å². The first-order valence-corrected chi connectivity index (χ1v) is 11.4. The van der Waals surface area contributed by atoms with Gasteiger partial charge in [-0.2, -0.15) is 13.2 Å². The summed E-state index contributed by atoms with van der Waals surface area (Å²) in [6.45, 7) is 2.32. The summed E-state index contributed by atoms with van der Waals surface area (Å²) in [6.07, 6.45) is -0.625. The maximum absolute atomic E-state index is 14.0. The van der Waals surface area contributed by atoms with Crippen LogP contribution >= 0.6 is 0 Å². The van der Waals surface area contributed by atoms with Gasteiger partial charge in [0.1, 0.15) is 11.8 Å². The lowest BCUT2D eigenvalue weighted by Gasteiger charge is -2.25. The number of nitrogens with one attached hydrogen (secondary N) is 1. The highest BCUT2D eigenvalue weighted by Gasteiger charge is 2.34. The van der Waals surface area contributed by atoms with E-state index in [1.54, 1.807) is 43.2 Å². The molecule has 9 heteroatoms. The number of guanidine groups is 1. The summed E-state index contributed by atoms with van der Waals surface area (Å²) in [5.41, 5.74) is 6.86. The molecule has 0 spiro atoms. The monoisotopic (exact) mass is 488 g/mol. The van der Waals surface area contributed by atoms with E-state index in [1.807, 2.05) is 12.1 Å². The van der Waals surface area contributed by atoms with E-state index in [4.69, 9.17) is 20.6 Å². The van der Waals surface area contributed by atoms with Gasteiger partial charge in [-0.15, -0.1) is 0 Å². The average Bonchev–Trinajstić information content (AvgIpc) is 3.33. The van der Waals surface area contributed by atoms with Crippen LogP contribution < -0.4 is 10.5 Å². The fraction of sp³-hybridized carbons (Fsp3) is 0.385. The van der Waals surface area contributed by atoms with Gasteiger partial charge in [-0.1, -0.05) is 30.3 Å². The number of aliphatic imine (C=N–C) groups is 1. The van der Waals surface area contributed by atoms with Crippen LogP contribution in [0.2, 0.25) is 0 Å². The Bertz CT molecular complexity index is 1090. The number of nitrogens with zero attached hydrogens (tertiary/aromatic N) is 2. The summed E-state index contributed by atoms with van der Waals surface area (Å²) in [4.78, 5) is 6.22. The Morgan fingerprint density at radius 2 is 1.89 bits per heavy atom. The number of nitrogens with two attached hydrogens (primary N) is 1. The van der Waals surface area contributed by atoms with Gasteiger partial charge in [-0.05, 0) is 61.9 Å². The van der Waals surface area contributed by atoms with Crippen molar-refractivity contribution in [3.05, 3.63) is 70.8 Å². The second kappa shape index (κ2) is 11.3. The molecule has 1 aliphatic rings. The molecule has 0 radical (unpaired) electrons. The fourth-order valence-electron chi connectivity index (χ4n) is 4.27. The van der Waals surface area contributed by atoms with Crippen molar-refractivity contribution in [3.63, 3.8) is 0 Å². The zero-order valence-electron chi connectivity index (χ0n) is 20.2. The van der Waals surface area contributed by atoms with Gasteiger partial charge in [-0.3, -0.25) is 5.41 Å². The summed E-state index contributed by atoms with van der Waals surface area (Å²) in [6, 6.07) is 11.3. The molecule has 188 valence electrons. The molecule has 6 nitrogen and oxygen atoms in total. The Labute approximate surface area is 203 Å². The molecule has 1 aliphatic heterocycles. The normalized spacial score (nSPS) is 17.0. The van der Waals surface area contributed by atoms with Crippen molar-refractivity contribution in [2.75, 3.05) is 20.8 Å². The lowest BCUT2D eigenvalue weighted by Crippen LogP contribution is -2.44. The number of alkyl halides is 3. The molecule has 0 bridgehead atoms. The standard InChI is InChI=1S/C26H31F3N4O2/c1-4-22(32-24(35-3)23-6-5-15-33(23)25(30)31)19-12-11-18(21(16-19)26(27,28)29)10-7-17-8-13-20(34-2)14-9-17/h4,8-9,11-14,16,23H,5-7,10,15H2,1-3H3,(H3,30,31)/b22-4-,32-24?. The van der Waals surface area contributed by atoms with Crippen LogP contribution in [0, 0.1) is 5.41 Å². The molecule has 35 heavy (non-hydrogen) atoms. The minimum atomic E-state index is -4.51. The second-order valence-electron chi connectivity index (χ2n) is 8.28. The number of ether oxygens (including phenoxy) is 2. The van der Waals surface area contributed by atoms with Gasteiger partial charge in [0, 0.05) is 12.1 Å². The number of benzene rings is 2. The summed E-state index contributed by atoms with van der Waals surface area (Å²) in [7, 11) is 3.03. The van der Waals surface area contributed by atoms with Crippen LogP contribution in [0.25, 0.3) is 5.70 Å². The van der Waals surface area contributed by atoms with E-state index < -0.39 is 11.7 Å². The first-order valence-electron chi connectivity index (χ1n) is 11.4. The van der Waals surface area contributed by atoms with E-state index in [9.17, 15) is 13.2 Å². The Balaban J connectivity index is 1.89. The van der Waals surface area contributed by atoms with Crippen molar-refractivity contribution in [1.82, 2.24) is 4.90 Å². The number of halogens is 3. The van der Waals surface area contributed by atoms with Crippen LogP contribution in [0.3, 0.4) is 0 Å². The third-order valence-electron chi connectivity index (χ3n) is 6.11. The molecule has 0 aliphatic carbocycles. The lowest BCUT2D eigenvalue weighted by atomic mass is 9.96. The zero-order valence-corrected chi connectivity index (χ0v) is 20.2. The number of allylic oxidation sites excluding steroid dienone is 1. The number of hydrogen-bond donors (Lipinski definition) is 2. The van der Waals surface area contributed by atoms with Crippen LogP contribution in [0.5, 0.6) is 5.75 Å². The first kappa shape index (κ1) is 26.1. The summed E-state index contributed by atoms with van der Waals surface area (Å²) in [5.74, 6) is 0.941. The highest BCUT2D eigenvalue weighted by Crippen LogP contribution is 2.35. The van der Waals surface area contributed by atoms with Crippen LogP contribution in [0.15, 0.2) is 53.5 Å². The van der Waals surface area contributed by atoms with E-state index in [0.29, 0.717) is 42.3 Å². The molecule has 3 N–H and O–H groups in total. The largest absolute Gasteiger partial charge is 0.497 e. The van der Waals surface area contributed by atoms with Gasteiger partial charge >= 0.3 is 6.18 Å². The SMILES string of the molecule is C/C=C(\N=C(OC)C1CCCN1C(=N)N)c1ccc(CCc2ccc(OC)cc2)c(C(F)(F)F)c1. The smallest absolute Gasteiger partial charge is 0.416 e. The van der Waals surface area contributed by atoms with Gasteiger partial charge in [0.2, 0.25) is 5.90 Å². The molecule has 1 heterocycles. The lowest BCUT2D eigenvalue weighted by molar-refractivity contribution is -0.138. The molecule has 0 aromatic heterocycles. The summed E-state index contributed by atoms with van der Waals surface area (Å²) < 4.78 is 52.6. The van der Waals surface area contributed by atoms with Crippen molar-refractivity contribution >= 4 is 17.6 Å². The molecule has 0 amide bonds. The Hall–Kier alpha value is -3.49. The zero-order chi connectivity index (χ0) is 25.6. The Kier molecular flexibility index (Phi) is 8.43. The predicted molar refractivity (Wildman–Crippen MR) is 132 cm³/mol. The van der Waals surface area contributed by atoms with E-state index in [2.05, 4.69) is 4.99 Å². The molecule has 3 rings (SSSR count). The van der Waals surface area contributed by atoms with E-state index in [0.717, 1.165) is 18.1 Å². The van der Waals surface area contributed by atoms with E-state index in [1.165, 1.54) is 13.2 Å². The van der Waals surface area contributed by atoms with E-state index >= 15 is 0 Å². The molecule has 1 unspecified atom stereocenters. The van der Waals surface area contributed by atoms with Crippen molar-refractivity contribution < 1.29 is 22.6 Å². The van der Waals surface area contributed by atoms with Gasteiger partial charge in [-0.25, -0.2) is 4.99 Å². The molecular formula is C26H31F3N4O2. The Morgan fingerprint density at radius 1 is 1.17 bits per heavy atom. The third-order valence-corrected chi connectivity index (χ3v) is 6.11. The van der Waals surface area contributed by atoms with Crippen molar-refractivity contribution in [2.24, 2.45) is 10.7 Å². The summed E-state index contributed by atoms with van der Waals surface area (Å²) in [5, 5.41) is 7.77. The number of rotatable bonds is 7. The maximum Gasteiger partial charge on any atom is 0.416 e. The second-order valence-corrected chi connectivity index (χ2v) is 8.28. The Morgan fingerprint density at radius 3 is 2.46 bits per heavy atom. The summed E-state index contributed by atoms with van der Waals surface area (Å²) >= 11 is 0. The fourth-order valence-corrected chi connectivity index (χ4v) is 4.27. The van der Waals surface area contributed by atoms with Crippen LogP contribution in [-0.2, 0) is 23.8 Å². The highest BCUT2D eigenvalue weighted by atomic mass is 19.4. The van der Waals surface area contributed by atoms with Gasteiger partial charge in [0.15, 0.2) is 5.96 Å². The number of aryl methyl sites for hydroxylation is 2. The topological polar surface area (TPSA) is 83.9 Å². The first-order chi connectivity index (χ1) is 16.7. The molecule has 1 saturated heterocycles. The van der Waals surface area contributed by atoms with Crippen LogP contribution in [0.4, 0.5) is 13.2 Å². The van der Waals surface area contributed by atoms with Crippen LogP contribution in [0.1, 0.15) is 42.0 Å². The molecule has 2 aromatic rings. The van der Waals surface area contributed by atoms with Gasteiger partial charge < -0.3 is 20.1 Å². The predicted octanol–water partition coefficient (Wildman–Crippen LogP) is 5.26. The third kappa shape index (κ3) is 6.35. The quantitative estimate of drug-likeness (QED) is 0.411. The molecule has 0 saturated carbocycles.